The van der Waals surface area contributed by atoms with Crippen LogP contribution in [0.4, 0.5) is 23.3 Å². The van der Waals surface area contributed by atoms with Crippen LogP contribution in [0.5, 0.6) is 11.5 Å². The van der Waals surface area contributed by atoms with Gasteiger partial charge < -0.3 is 15.5 Å². The molecule has 9 heteroatoms. The first-order chi connectivity index (χ1) is 16.1. The fourth-order valence-corrected chi connectivity index (χ4v) is 2.75. The van der Waals surface area contributed by atoms with Crippen molar-refractivity contribution in [3.8, 4) is 11.5 Å². The van der Waals surface area contributed by atoms with Crippen molar-refractivity contribution in [3.63, 3.8) is 0 Å². The van der Waals surface area contributed by atoms with E-state index in [1.54, 1.807) is 67.0 Å². The van der Waals surface area contributed by atoms with Crippen LogP contribution in [0.2, 0.25) is 0 Å². The summed E-state index contributed by atoms with van der Waals surface area (Å²) in [7, 11) is 0. The number of phenolic OH excluding ortho intramolecular Hbond substituents is 2. The Hall–Kier alpha value is -4.92. The second-order valence-corrected chi connectivity index (χ2v) is 6.88. The Labute approximate surface area is 190 Å². The molecule has 1 heterocycles. The van der Waals surface area contributed by atoms with Gasteiger partial charge in [0.25, 0.3) is 0 Å². The lowest BCUT2D eigenvalue weighted by molar-refractivity contribution is 0.475. The van der Waals surface area contributed by atoms with Crippen molar-refractivity contribution < 1.29 is 10.2 Å². The van der Waals surface area contributed by atoms with Gasteiger partial charge in [0.05, 0.1) is 12.4 Å². The predicted octanol–water partition coefficient (Wildman–Crippen LogP) is 4.52. The Morgan fingerprint density at radius 2 is 1.18 bits per heavy atom. The van der Waals surface area contributed by atoms with E-state index < -0.39 is 0 Å². The van der Waals surface area contributed by atoms with Crippen LogP contribution in [-0.4, -0.2) is 32.6 Å². The normalized spacial score (nSPS) is 11.0. The standard InChI is InChI=1S/C24H21N7O2/c32-20-10-6-17(7-11-20)15-25-30-23-14-22(27-19-4-2-1-3-5-19)28-24(29-23)31-26-16-18-8-12-21(33)13-9-18/h1-16,32-33H,(H3,27,28,29,30,31). The number of phenols is 2. The highest BCUT2D eigenvalue weighted by molar-refractivity contribution is 5.81. The number of nitrogens with one attached hydrogen (secondary N) is 3. The molecule has 3 aromatic carbocycles. The first-order valence-electron chi connectivity index (χ1n) is 10.0. The first-order valence-corrected chi connectivity index (χ1v) is 10.0. The molecule has 0 spiro atoms. The average molecular weight is 439 g/mol. The van der Waals surface area contributed by atoms with E-state index in [4.69, 9.17) is 0 Å². The smallest absolute Gasteiger partial charge is 0.247 e. The molecule has 164 valence electrons. The van der Waals surface area contributed by atoms with Crippen LogP contribution in [-0.2, 0) is 0 Å². The van der Waals surface area contributed by atoms with Gasteiger partial charge in [0.1, 0.15) is 17.3 Å². The second-order valence-electron chi connectivity index (χ2n) is 6.88. The number of aromatic hydroxyl groups is 2. The van der Waals surface area contributed by atoms with E-state index in [2.05, 4.69) is 36.3 Å². The topological polar surface area (TPSA) is 127 Å². The van der Waals surface area contributed by atoms with Gasteiger partial charge in [-0.05, 0) is 71.8 Å². The minimum Gasteiger partial charge on any atom is -0.508 e. The van der Waals surface area contributed by atoms with Gasteiger partial charge in [0.2, 0.25) is 5.95 Å². The molecule has 4 rings (SSSR count). The summed E-state index contributed by atoms with van der Waals surface area (Å²) in [5, 5.41) is 30.4. The first kappa shape index (κ1) is 21.3. The summed E-state index contributed by atoms with van der Waals surface area (Å²) in [6.45, 7) is 0. The maximum Gasteiger partial charge on any atom is 0.247 e. The maximum absolute atomic E-state index is 9.38. The summed E-state index contributed by atoms with van der Waals surface area (Å²) >= 11 is 0. The van der Waals surface area contributed by atoms with Crippen LogP contribution in [0.25, 0.3) is 0 Å². The molecule has 0 unspecified atom stereocenters. The Kier molecular flexibility index (Phi) is 6.72. The highest BCUT2D eigenvalue weighted by Gasteiger charge is 2.05. The number of aromatic nitrogens is 2. The third-order valence-electron chi connectivity index (χ3n) is 4.33. The van der Waals surface area contributed by atoms with Gasteiger partial charge in [-0.25, -0.2) is 5.43 Å². The minimum atomic E-state index is 0.187. The van der Waals surface area contributed by atoms with Gasteiger partial charge in [-0.15, -0.1) is 0 Å². The summed E-state index contributed by atoms with van der Waals surface area (Å²) in [4.78, 5) is 8.83. The third-order valence-corrected chi connectivity index (χ3v) is 4.33. The van der Waals surface area contributed by atoms with Crippen molar-refractivity contribution in [2.45, 2.75) is 0 Å². The average Bonchev–Trinajstić information content (AvgIpc) is 2.82. The Balaban J connectivity index is 1.51. The number of hydrogen-bond donors (Lipinski definition) is 5. The molecule has 0 aliphatic carbocycles. The SMILES string of the molecule is Oc1ccc(C=NNc2cc(Nc3ccccc3)nc(NN=Cc3ccc(O)cc3)n2)cc1. The number of hydrogen-bond acceptors (Lipinski definition) is 9. The Morgan fingerprint density at radius 1 is 0.636 bits per heavy atom. The molecule has 0 aliphatic rings. The minimum absolute atomic E-state index is 0.187. The maximum atomic E-state index is 9.38. The van der Waals surface area contributed by atoms with Gasteiger partial charge in [-0.1, -0.05) is 18.2 Å². The zero-order valence-corrected chi connectivity index (χ0v) is 17.4. The molecule has 0 atom stereocenters. The molecule has 9 nitrogen and oxygen atoms in total. The zero-order valence-electron chi connectivity index (χ0n) is 17.4. The summed E-state index contributed by atoms with van der Waals surface area (Å²) in [6.07, 6.45) is 3.21. The Morgan fingerprint density at radius 3 is 1.79 bits per heavy atom. The van der Waals surface area contributed by atoms with Gasteiger partial charge in [0, 0.05) is 11.8 Å². The molecular weight excluding hydrogens is 418 g/mol. The van der Waals surface area contributed by atoms with Crippen molar-refractivity contribution in [1.82, 2.24) is 9.97 Å². The van der Waals surface area contributed by atoms with Crippen LogP contribution in [0.15, 0.2) is 95.1 Å². The highest BCUT2D eigenvalue weighted by atomic mass is 16.3. The van der Waals surface area contributed by atoms with E-state index in [1.807, 2.05) is 30.3 Å². The largest absolute Gasteiger partial charge is 0.508 e. The molecule has 0 bridgehead atoms. The quantitative estimate of drug-likeness (QED) is 0.202. The van der Waals surface area contributed by atoms with Crippen molar-refractivity contribution >= 4 is 35.7 Å². The number of anilines is 4. The second kappa shape index (κ2) is 10.4. The highest BCUT2D eigenvalue weighted by Crippen LogP contribution is 2.19. The van der Waals surface area contributed by atoms with Crippen molar-refractivity contribution in [2.75, 3.05) is 16.2 Å². The molecule has 0 fully saturated rings. The lowest BCUT2D eigenvalue weighted by Crippen LogP contribution is -2.04. The molecule has 33 heavy (non-hydrogen) atoms. The van der Waals surface area contributed by atoms with E-state index >= 15 is 0 Å². The van der Waals surface area contributed by atoms with Crippen LogP contribution < -0.4 is 16.2 Å². The lowest BCUT2D eigenvalue weighted by Gasteiger charge is -2.09. The van der Waals surface area contributed by atoms with E-state index in [9.17, 15) is 10.2 Å². The predicted molar refractivity (Wildman–Crippen MR) is 130 cm³/mol. The van der Waals surface area contributed by atoms with Crippen molar-refractivity contribution in [2.24, 2.45) is 10.2 Å². The van der Waals surface area contributed by atoms with Crippen molar-refractivity contribution in [3.05, 3.63) is 96.1 Å². The lowest BCUT2D eigenvalue weighted by atomic mass is 10.2. The van der Waals surface area contributed by atoms with Gasteiger partial charge in [0.15, 0.2) is 5.82 Å². The van der Waals surface area contributed by atoms with Gasteiger partial charge in [-0.2, -0.15) is 20.2 Å². The number of rotatable bonds is 8. The summed E-state index contributed by atoms with van der Waals surface area (Å²) in [6, 6.07) is 24.6. The van der Waals surface area contributed by atoms with Crippen LogP contribution in [0.3, 0.4) is 0 Å². The zero-order chi connectivity index (χ0) is 22.9. The van der Waals surface area contributed by atoms with Crippen LogP contribution in [0.1, 0.15) is 11.1 Å². The van der Waals surface area contributed by atoms with Crippen molar-refractivity contribution in [1.29, 1.82) is 0 Å². The van der Waals surface area contributed by atoms with Crippen LogP contribution in [0, 0.1) is 0 Å². The Bertz CT molecular complexity index is 1170. The monoisotopic (exact) mass is 439 g/mol. The fraction of sp³-hybridized carbons (Fsp3) is 0. The summed E-state index contributed by atoms with van der Waals surface area (Å²) < 4.78 is 0. The number of para-hydroxylation sites is 1. The molecule has 0 radical (unpaired) electrons. The van der Waals surface area contributed by atoms with Gasteiger partial charge >= 0.3 is 0 Å². The van der Waals surface area contributed by atoms with E-state index in [0.717, 1.165) is 16.8 Å². The number of nitrogens with zero attached hydrogens (tertiary/aromatic N) is 4. The molecular formula is C24H21N7O2. The van der Waals surface area contributed by atoms with Gasteiger partial charge in [-0.3, -0.25) is 5.43 Å². The fourth-order valence-electron chi connectivity index (χ4n) is 2.75. The number of hydrazone groups is 2. The molecule has 0 saturated carbocycles. The molecule has 0 saturated heterocycles. The summed E-state index contributed by atoms with van der Waals surface area (Å²) in [5.41, 5.74) is 8.18. The molecule has 5 N–H and O–H groups in total. The van der Waals surface area contributed by atoms with Crippen LogP contribution >= 0.6 is 0 Å². The molecule has 4 aromatic rings. The van der Waals surface area contributed by atoms with E-state index in [0.29, 0.717) is 11.6 Å². The summed E-state index contributed by atoms with van der Waals surface area (Å²) in [5.74, 6) is 1.62. The molecule has 0 aliphatic heterocycles. The van der Waals surface area contributed by atoms with E-state index in [-0.39, 0.29) is 17.4 Å². The molecule has 1 aromatic heterocycles. The number of benzene rings is 3. The molecule has 0 amide bonds. The third kappa shape index (κ3) is 6.53. The van der Waals surface area contributed by atoms with E-state index in [1.165, 1.54) is 0 Å².